The van der Waals surface area contributed by atoms with E-state index in [1.54, 1.807) is 0 Å². The highest BCUT2D eigenvalue weighted by atomic mass is 32.1. The van der Waals surface area contributed by atoms with Crippen molar-refractivity contribution in [2.24, 2.45) is 11.7 Å². The van der Waals surface area contributed by atoms with Crippen LogP contribution in [0.4, 0.5) is 0 Å². The predicted octanol–water partition coefficient (Wildman–Crippen LogP) is 4.30. The molecular weight excluding hydrogens is 276 g/mol. The third-order valence-corrected chi connectivity index (χ3v) is 6.37. The molecule has 0 saturated heterocycles. The first-order valence-corrected chi connectivity index (χ1v) is 9.52. The van der Waals surface area contributed by atoms with Crippen molar-refractivity contribution in [3.8, 4) is 0 Å². The fourth-order valence-electron chi connectivity index (χ4n) is 3.87. The lowest BCUT2D eigenvalue weighted by Gasteiger charge is -2.41. The van der Waals surface area contributed by atoms with Gasteiger partial charge in [-0.1, -0.05) is 38.7 Å². The van der Waals surface area contributed by atoms with Crippen LogP contribution in [0, 0.1) is 5.92 Å². The summed E-state index contributed by atoms with van der Waals surface area (Å²) in [6.45, 7) is 4.26. The molecule has 1 heterocycles. The number of hydrogen-bond donors (Lipinski definition) is 1. The molecule has 0 aliphatic heterocycles. The minimum Gasteiger partial charge on any atom is -0.329 e. The Labute approximate surface area is 134 Å². The first kappa shape index (κ1) is 17.0. The highest BCUT2D eigenvalue weighted by molar-refractivity contribution is 7.09. The molecule has 2 atom stereocenters. The molecule has 0 spiro atoms. The standard InChI is InChI=1S/C18H32N2S/c1-3-6-16-7-4-11-18(15-19,12-9-16)20(2)13-10-17-8-5-14-21-17/h5,8,14,16H,3-4,6-7,9-13,15,19H2,1-2H3. The lowest BCUT2D eigenvalue weighted by Crippen LogP contribution is -2.52. The molecular formula is C18H32N2S. The van der Waals surface area contributed by atoms with Crippen LogP contribution >= 0.6 is 11.3 Å². The summed E-state index contributed by atoms with van der Waals surface area (Å²) in [5.41, 5.74) is 6.49. The van der Waals surface area contributed by atoms with E-state index in [4.69, 9.17) is 5.73 Å². The van der Waals surface area contributed by atoms with Gasteiger partial charge in [0.05, 0.1) is 0 Å². The average molecular weight is 309 g/mol. The molecule has 0 amide bonds. The second kappa shape index (κ2) is 8.30. The highest BCUT2D eigenvalue weighted by Crippen LogP contribution is 2.35. The van der Waals surface area contributed by atoms with Crippen molar-refractivity contribution >= 4 is 11.3 Å². The number of likely N-dealkylation sites (N-methyl/N-ethyl adjacent to an activating group) is 1. The smallest absolute Gasteiger partial charge is 0.0328 e. The Kier molecular flexibility index (Phi) is 6.72. The van der Waals surface area contributed by atoms with Crippen LogP contribution in [-0.2, 0) is 6.42 Å². The van der Waals surface area contributed by atoms with E-state index in [1.165, 1.54) is 49.8 Å². The Morgan fingerprint density at radius 3 is 2.90 bits per heavy atom. The molecule has 0 bridgehead atoms. The summed E-state index contributed by atoms with van der Waals surface area (Å²) in [7, 11) is 2.29. The Balaban J connectivity index is 1.92. The zero-order valence-corrected chi connectivity index (χ0v) is 14.6. The van der Waals surface area contributed by atoms with E-state index in [9.17, 15) is 0 Å². The van der Waals surface area contributed by atoms with Crippen LogP contribution in [0.25, 0.3) is 0 Å². The molecule has 120 valence electrons. The lowest BCUT2D eigenvalue weighted by atomic mass is 9.87. The molecule has 1 aromatic heterocycles. The molecule has 0 radical (unpaired) electrons. The number of nitrogens with zero attached hydrogens (tertiary/aromatic N) is 1. The Hall–Kier alpha value is -0.380. The molecule has 1 aromatic rings. The topological polar surface area (TPSA) is 29.3 Å². The van der Waals surface area contributed by atoms with Gasteiger partial charge < -0.3 is 5.73 Å². The molecule has 1 saturated carbocycles. The molecule has 0 aromatic carbocycles. The summed E-state index contributed by atoms with van der Waals surface area (Å²) in [6.07, 6.45) is 10.6. The molecule has 2 rings (SSSR count). The van der Waals surface area contributed by atoms with Crippen molar-refractivity contribution in [2.45, 2.75) is 63.8 Å². The van der Waals surface area contributed by atoms with Crippen LogP contribution in [0.3, 0.4) is 0 Å². The van der Waals surface area contributed by atoms with Gasteiger partial charge in [-0.15, -0.1) is 11.3 Å². The van der Waals surface area contributed by atoms with Gasteiger partial charge in [-0.2, -0.15) is 0 Å². The van der Waals surface area contributed by atoms with Gasteiger partial charge in [0.1, 0.15) is 0 Å². The maximum Gasteiger partial charge on any atom is 0.0328 e. The fraction of sp³-hybridized carbons (Fsp3) is 0.778. The van der Waals surface area contributed by atoms with E-state index in [1.807, 2.05) is 11.3 Å². The minimum atomic E-state index is 0.250. The van der Waals surface area contributed by atoms with E-state index in [-0.39, 0.29) is 5.54 Å². The van der Waals surface area contributed by atoms with Crippen LogP contribution < -0.4 is 5.73 Å². The van der Waals surface area contributed by atoms with Gasteiger partial charge in [-0.3, -0.25) is 4.90 Å². The zero-order valence-electron chi connectivity index (χ0n) is 13.8. The van der Waals surface area contributed by atoms with Crippen LogP contribution in [0.15, 0.2) is 17.5 Å². The van der Waals surface area contributed by atoms with Gasteiger partial charge in [0.2, 0.25) is 0 Å². The van der Waals surface area contributed by atoms with Crippen molar-refractivity contribution in [1.29, 1.82) is 0 Å². The van der Waals surface area contributed by atoms with Crippen molar-refractivity contribution in [1.82, 2.24) is 4.90 Å². The van der Waals surface area contributed by atoms with Crippen LogP contribution in [0.2, 0.25) is 0 Å². The Morgan fingerprint density at radius 1 is 1.38 bits per heavy atom. The summed E-state index contributed by atoms with van der Waals surface area (Å²) in [5.74, 6) is 0.939. The molecule has 1 aliphatic rings. The summed E-state index contributed by atoms with van der Waals surface area (Å²) >= 11 is 1.87. The average Bonchev–Trinajstić information content (AvgIpc) is 2.93. The van der Waals surface area contributed by atoms with Gasteiger partial charge in [0, 0.05) is 23.5 Å². The maximum atomic E-state index is 6.24. The third-order valence-electron chi connectivity index (χ3n) is 5.43. The van der Waals surface area contributed by atoms with Crippen molar-refractivity contribution in [3.63, 3.8) is 0 Å². The first-order valence-electron chi connectivity index (χ1n) is 8.64. The highest BCUT2D eigenvalue weighted by Gasteiger charge is 2.35. The van der Waals surface area contributed by atoms with Gasteiger partial charge >= 0.3 is 0 Å². The lowest BCUT2D eigenvalue weighted by molar-refractivity contribution is 0.107. The van der Waals surface area contributed by atoms with Crippen molar-refractivity contribution in [3.05, 3.63) is 22.4 Å². The zero-order chi connectivity index (χ0) is 15.1. The quantitative estimate of drug-likeness (QED) is 0.761. The fourth-order valence-corrected chi connectivity index (χ4v) is 4.57. The van der Waals surface area contributed by atoms with E-state index in [0.717, 1.165) is 25.4 Å². The molecule has 1 fully saturated rings. The minimum absolute atomic E-state index is 0.250. The number of rotatable bonds is 7. The Morgan fingerprint density at radius 2 is 2.24 bits per heavy atom. The second-order valence-corrected chi connectivity index (χ2v) is 7.80. The van der Waals surface area contributed by atoms with Gasteiger partial charge in [-0.25, -0.2) is 0 Å². The molecule has 2 unspecified atom stereocenters. The third kappa shape index (κ3) is 4.54. The summed E-state index contributed by atoms with van der Waals surface area (Å²) in [4.78, 5) is 4.06. The van der Waals surface area contributed by atoms with Crippen molar-refractivity contribution < 1.29 is 0 Å². The van der Waals surface area contributed by atoms with Gasteiger partial charge in [-0.05, 0) is 50.1 Å². The van der Waals surface area contributed by atoms with Crippen LogP contribution in [0.1, 0.15) is 56.7 Å². The predicted molar refractivity (Wildman–Crippen MR) is 93.9 cm³/mol. The van der Waals surface area contributed by atoms with E-state index >= 15 is 0 Å². The first-order chi connectivity index (χ1) is 10.2. The van der Waals surface area contributed by atoms with E-state index in [0.29, 0.717) is 0 Å². The number of hydrogen-bond acceptors (Lipinski definition) is 3. The van der Waals surface area contributed by atoms with Crippen molar-refractivity contribution in [2.75, 3.05) is 20.1 Å². The Bertz CT molecular complexity index is 390. The van der Waals surface area contributed by atoms with E-state index < -0.39 is 0 Å². The van der Waals surface area contributed by atoms with Crippen LogP contribution in [0.5, 0.6) is 0 Å². The second-order valence-electron chi connectivity index (χ2n) is 6.76. The normalized spacial score (nSPS) is 27.0. The SMILES string of the molecule is CCCC1CCCC(CN)(N(C)CCc2cccs2)CC1. The van der Waals surface area contributed by atoms with Gasteiger partial charge in [0.15, 0.2) is 0 Å². The molecule has 1 aliphatic carbocycles. The summed E-state index contributed by atoms with van der Waals surface area (Å²) < 4.78 is 0. The molecule has 2 N–H and O–H groups in total. The number of nitrogens with two attached hydrogens (primary N) is 1. The number of thiophene rings is 1. The largest absolute Gasteiger partial charge is 0.329 e. The van der Waals surface area contributed by atoms with E-state index in [2.05, 4.69) is 36.4 Å². The molecule has 2 nitrogen and oxygen atoms in total. The maximum absolute atomic E-state index is 6.24. The molecule has 3 heteroatoms. The summed E-state index contributed by atoms with van der Waals surface area (Å²) in [6, 6.07) is 4.40. The van der Waals surface area contributed by atoms with Crippen LogP contribution in [-0.4, -0.2) is 30.6 Å². The summed E-state index contributed by atoms with van der Waals surface area (Å²) in [5, 5.41) is 2.18. The molecule has 21 heavy (non-hydrogen) atoms. The monoisotopic (exact) mass is 308 g/mol. The van der Waals surface area contributed by atoms with Gasteiger partial charge in [0.25, 0.3) is 0 Å².